The lowest BCUT2D eigenvalue weighted by Crippen LogP contribution is -2.41. The number of rotatable bonds is 8. The van der Waals surface area contributed by atoms with E-state index in [9.17, 15) is 13.2 Å². The molecule has 2 rings (SSSR count). The summed E-state index contributed by atoms with van der Waals surface area (Å²) in [6.07, 6.45) is 1.82. The van der Waals surface area contributed by atoms with Gasteiger partial charge in [0, 0.05) is 6.54 Å². The van der Waals surface area contributed by atoms with E-state index in [0.717, 1.165) is 29.5 Å². The zero-order valence-electron chi connectivity index (χ0n) is 16.5. The third-order valence-corrected chi connectivity index (χ3v) is 6.14. The van der Waals surface area contributed by atoms with E-state index < -0.39 is 10.0 Å². The molecule has 0 heterocycles. The summed E-state index contributed by atoms with van der Waals surface area (Å²) in [5, 5.41) is 2.80. The normalized spacial score (nSPS) is 11.3. The second kappa shape index (κ2) is 9.04. The Hall–Kier alpha value is -2.34. The van der Waals surface area contributed by atoms with Gasteiger partial charge in [-0.3, -0.25) is 9.10 Å². The topological polar surface area (TPSA) is 66.5 Å². The van der Waals surface area contributed by atoms with Crippen LogP contribution in [0.2, 0.25) is 0 Å². The van der Waals surface area contributed by atoms with E-state index in [2.05, 4.69) is 5.32 Å². The van der Waals surface area contributed by atoms with Gasteiger partial charge in [0.1, 0.15) is 6.54 Å². The van der Waals surface area contributed by atoms with Gasteiger partial charge in [0.25, 0.3) is 10.0 Å². The molecule has 2 aromatic rings. The standard InChI is InChI=1S/C21H28N2O3S/c1-5-6-13-22-21(24)15-23(20-12-9-17(3)14-18(20)4)27(25,26)19-10-7-16(2)8-11-19/h7-12,14H,5-6,13,15H2,1-4H3,(H,22,24). The van der Waals surface area contributed by atoms with Gasteiger partial charge in [-0.25, -0.2) is 8.42 Å². The van der Waals surface area contributed by atoms with E-state index in [4.69, 9.17) is 0 Å². The summed E-state index contributed by atoms with van der Waals surface area (Å²) < 4.78 is 27.8. The van der Waals surface area contributed by atoms with Crippen molar-refractivity contribution in [3.8, 4) is 0 Å². The highest BCUT2D eigenvalue weighted by molar-refractivity contribution is 7.92. The van der Waals surface area contributed by atoms with Gasteiger partial charge in [-0.1, -0.05) is 48.7 Å². The van der Waals surface area contributed by atoms with Crippen molar-refractivity contribution in [3.05, 3.63) is 59.2 Å². The fourth-order valence-corrected chi connectivity index (χ4v) is 4.30. The fourth-order valence-electron chi connectivity index (χ4n) is 2.81. The average Bonchev–Trinajstić information content (AvgIpc) is 2.61. The predicted molar refractivity (Wildman–Crippen MR) is 110 cm³/mol. The maximum atomic E-state index is 13.3. The van der Waals surface area contributed by atoms with Crippen molar-refractivity contribution in [1.82, 2.24) is 5.32 Å². The average molecular weight is 389 g/mol. The van der Waals surface area contributed by atoms with Crippen LogP contribution in [-0.4, -0.2) is 27.4 Å². The molecule has 0 atom stereocenters. The molecule has 0 unspecified atom stereocenters. The second-order valence-electron chi connectivity index (χ2n) is 6.82. The van der Waals surface area contributed by atoms with Crippen molar-refractivity contribution in [1.29, 1.82) is 0 Å². The second-order valence-corrected chi connectivity index (χ2v) is 8.68. The first-order valence-electron chi connectivity index (χ1n) is 9.19. The molecular weight excluding hydrogens is 360 g/mol. The van der Waals surface area contributed by atoms with Crippen molar-refractivity contribution in [3.63, 3.8) is 0 Å². The van der Waals surface area contributed by atoms with E-state index in [1.807, 2.05) is 39.8 Å². The summed E-state index contributed by atoms with van der Waals surface area (Å²) in [6, 6.07) is 12.2. The number of nitrogens with zero attached hydrogens (tertiary/aromatic N) is 1. The minimum absolute atomic E-state index is 0.175. The summed E-state index contributed by atoms with van der Waals surface area (Å²) in [5.41, 5.74) is 3.35. The number of aryl methyl sites for hydroxylation is 3. The highest BCUT2D eigenvalue weighted by atomic mass is 32.2. The molecule has 0 aliphatic carbocycles. The molecule has 2 aromatic carbocycles. The van der Waals surface area contributed by atoms with Gasteiger partial charge in [-0.15, -0.1) is 0 Å². The van der Waals surface area contributed by atoms with Crippen LogP contribution < -0.4 is 9.62 Å². The first kappa shape index (κ1) is 21.0. The lowest BCUT2D eigenvalue weighted by atomic mass is 10.1. The Morgan fingerprint density at radius 2 is 1.63 bits per heavy atom. The molecule has 1 amide bonds. The lowest BCUT2D eigenvalue weighted by Gasteiger charge is -2.26. The zero-order chi connectivity index (χ0) is 20.0. The van der Waals surface area contributed by atoms with Crippen LogP contribution in [0, 0.1) is 20.8 Å². The largest absolute Gasteiger partial charge is 0.355 e. The molecule has 0 fully saturated rings. The summed E-state index contributed by atoms with van der Waals surface area (Å²) in [4.78, 5) is 12.6. The van der Waals surface area contributed by atoms with E-state index in [0.29, 0.717) is 12.2 Å². The number of hydrogen-bond donors (Lipinski definition) is 1. The Kier molecular flexibility index (Phi) is 7.02. The Morgan fingerprint density at radius 1 is 1.00 bits per heavy atom. The van der Waals surface area contributed by atoms with Crippen LogP contribution in [0.3, 0.4) is 0 Å². The van der Waals surface area contributed by atoms with Crippen LogP contribution in [-0.2, 0) is 14.8 Å². The molecule has 0 aliphatic heterocycles. The minimum Gasteiger partial charge on any atom is -0.355 e. The summed E-state index contributed by atoms with van der Waals surface area (Å²) in [7, 11) is -3.86. The molecule has 6 heteroatoms. The first-order valence-corrected chi connectivity index (χ1v) is 10.6. The van der Waals surface area contributed by atoms with E-state index >= 15 is 0 Å². The quantitative estimate of drug-likeness (QED) is 0.701. The van der Waals surface area contributed by atoms with Crippen molar-refractivity contribution in [2.45, 2.75) is 45.4 Å². The Bertz CT molecular complexity index is 890. The number of nitrogens with one attached hydrogen (secondary N) is 1. The fraction of sp³-hybridized carbons (Fsp3) is 0.381. The molecular formula is C21H28N2O3S. The maximum Gasteiger partial charge on any atom is 0.264 e. The van der Waals surface area contributed by atoms with Crippen LogP contribution in [0.15, 0.2) is 47.4 Å². The first-order chi connectivity index (χ1) is 12.8. The minimum atomic E-state index is -3.86. The number of anilines is 1. The summed E-state index contributed by atoms with van der Waals surface area (Å²) in [5.74, 6) is -0.306. The van der Waals surface area contributed by atoms with Gasteiger partial charge >= 0.3 is 0 Å². The Labute approximate surface area is 162 Å². The van der Waals surface area contributed by atoms with E-state index in [1.165, 1.54) is 4.31 Å². The van der Waals surface area contributed by atoms with Crippen molar-refractivity contribution in [2.75, 3.05) is 17.4 Å². The summed E-state index contributed by atoms with van der Waals surface area (Å²) in [6.45, 7) is 8.04. The molecule has 0 spiro atoms. The van der Waals surface area contributed by atoms with Crippen LogP contribution in [0.1, 0.15) is 36.5 Å². The molecule has 146 valence electrons. The van der Waals surface area contributed by atoms with Gasteiger partial charge in [-0.05, 0) is 51.0 Å². The number of sulfonamides is 1. The molecule has 1 N–H and O–H groups in total. The maximum absolute atomic E-state index is 13.3. The van der Waals surface area contributed by atoms with Crippen molar-refractivity contribution < 1.29 is 13.2 Å². The van der Waals surface area contributed by atoms with Gasteiger partial charge in [0.15, 0.2) is 0 Å². The van der Waals surface area contributed by atoms with Gasteiger partial charge in [0.2, 0.25) is 5.91 Å². The molecule has 0 radical (unpaired) electrons. The molecule has 0 saturated carbocycles. The predicted octanol–water partition coefficient (Wildman–Crippen LogP) is 3.72. The van der Waals surface area contributed by atoms with E-state index in [-0.39, 0.29) is 17.3 Å². The number of carbonyl (C=O) groups is 1. The van der Waals surface area contributed by atoms with Crippen LogP contribution >= 0.6 is 0 Å². The van der Waals surface area contributed by atoms with Crippen LogP contribution in [0.25, 0.3) is 0 Å². The third-order valence-electron chi connectivity index (χ3n) is 4.37. The van der Waals surface area contributed by atoms with Gasteiger partial charge < -0.3 is 5.32 Å². The Morgan fingerprint density at radius 3 is 2.22 bits per heavy atom. The number of carbonyl (C=O) groups excluding carboxylic acids is 1. The molecule has 27 heavy (non-hydrogen) atoms. The number of benzene rings is 2. The monoisotopic (exact) mass is 388 g/mol. The molecule has 0 bridgehead atoms. The lowest BCUT2D eigenvalue weighted by molar-refractivity contribution is -0.119. The molecule has 5 nitrogen and oxygen atoms in total. The summed E-state index contributed by atoms with van der Waals surface area (Å²) >= 11 is 0. The highest BCUT2D eigenvalue weighted by Gasteiger charge is 2.28. The molecule has 0 aliphatic rings. The van der Waals surface area contributed by atoms with Crippen LogP contribution in [0.5, 0.6) is 0 Å². The van der Waals surface area contributed by atoms with Crippen molar-refractivity contribution >= 4 is 21.6 Å². The zero-order valence-corrected chi connectivity index (χ0v) is 17.3. The Balaban J connectivity index is 2.42. The SMILES string of the molecule is CCCCNC(=O)CN(c1ccc(C)cc1C)S(=O)(=O)c1ccc(C)cc1. The van der Waals surface area contributed by atoms with Gasteiger partial charge in [0.05, 0.1) is 10.6 Å². The van der Waals surface area contributed by atoms with Gasteiger partial charge in [-0.2, -0.15) is 0 Å². The molecule has 0 aromatic heterocycles. The number of hydrogen-bond acceptors (Lipinski definition) is 3. The number of unbranched alkanes of at least 4 members (excludes halogenated alkanes) is 1. The van der Waals surface area contributed by atoms with E-state index in [1.54, 1.807) is 30.3 Å². The molecule has 0 saturated heterocycles. The number of amides is 1. The smallest absolute Gasteiger partial charge is 0.264 e. The van der Waals surface area contributed by atoms with Crippen LogP contribution in [0.4, 0.5) is 5.69 Å². The highest BCUT2D eigenvalue weighted by Crippen LogP contribution is 2.27. The third kappa shape index (κ3) is 5.32. The van der Waals surface area contributed by atoms with Crippen molar-refractivity contribution in [2.24, 2.45) is 0 Å².